The van der Waals surface area contributed by atoms with Gasteiger partial charge in [-0.15, -0.1) is 0 Å². The van der Waals surface area contributed by atoms with Gasteiger partial charge in [0.25, 0.3) is 11.8 Å². The van der Waals surface area contributed by atoms with Crippen molar-refractivity contribution in [1.82, 2.24) is 5.32 Å². The number of nitrogens with one attached hydrogen (secondary N) is 1. The highest BCUT2D eigenvalue weighted by Gasteiger charge is 2.10. The van der Waals surface area contributed by atoms with Crippen molar-refractivity contribution < 1.29 is 19.4 Å². The van der Waals surface area contributed by atoms with Crippen LogP contribution in [0, 0.1) is 0 Å². The zero-order valence-electron chi connectivity index (χ0n) is 10.1. The lowest BCUT2D eigenvalue weighted by molar-refractivity contribution is -0.123. The van der Waals surface area contributed by atoms with Crippen LogP contribution in [0.2, 0.25) is 0 Å². The summed E-state index contributed by atoms with van der Waals surface area (Å²) < 4.78 is 5.20. The number of para-hydroxylation sites is 1. The molecule has 0 spiro atoms. The van der Waals surface area contributed by atoms with E-state index in [1.165, 1.54) is 6.07 Å². The number of amides is 2. The maximum Gasteiger partial charge on any atom is 0.258 e. The Kier molecular flexibility index (Phi) is 5.13. The Morgan fingerprint density at radius 3 is 2.72 bits per heavy atom. The van der Waals surface area contributed by atoms with E-state index in [-0.39, 0.29) is 30.4 Å². The molecule has 6 heteroatoms. The normalized spacial score (nSPS) is 11.7. The molecule has 6 nitrogen and oxygen atoms in total. The lowest BCUT2D eigenvalue weighted by atomic mass is 10.2. The molecule has 0 bridgehead atoms. The van der Waals surface area contributed by atoms with Crippen LogP contribution in [-0.4, -0.2) is 36.2 Å². The van der Waals surface area contributed by atoms with E-state index in [0.29, 0.717) is 0 Å². The summed E-state index contributed by atoms with van der Waals surface area (Å²) in [7, 11) is 0. The van der Waals surface area contributed by atoms with Gasteiger partial charge in [0, 0.05) is 6.54 Å². The molecule has 0 aromatic heterocycles. The molecule has 1 atom stereocenters. The van der Waals surface area contributed by atoms with Crippen LogP contribution in [-0.2, 0) is 4.79 Å². The van der Waals surface area contributed by atoms with Crippen molar-refractivity contribution in [3.05, 3.63) is 29.8 Å². The summed E-state index contributed by atoms with van der Waals surface area (Å²) in [6.45, 7) is 1.47. The van der Waals surface area contributed by atoms with Crippen LogP contribution in [0.5, 0.6) is 5.75 Å². The minimum absolute atomic E-state index is 0.152. The van der Waals surface area contributed by atoms with Crippen LogP contribution < -0.4 is 15.8 Å². The van der Waals surface area contributed by atoms with Crippen molar-refractivity contribution in [3.63, 3.8) is 0 Å². The molecule has 0 aliphatic carbocycles. The van der Waals surface area contributed by atoms with Gasteiger partial charge in [-0.2, -0.15) is 0 Å². The standard InChI is InChI=1S/C12H16N2O4/c1-8(15)6-14-11(16)7-18-10-5-3-2-4-9(10)12(13)17/h2-5,8,15H,6-7H2,1H3,(H2,13,17)(H,14,16). The van der Waals surface area contributed by atoms with Crippen molar-refractivity contribution in [3.8, 4) is 5.75 Å². The number of nitrogens with two attached hydrogens (primary N) is 1. The van der Waals surface area contributed by atoms with Gasteiger partial charge in [0.05, 0.1) is 11.7 Å². The fraction of sp³-hybridized carbons (Fsp3) is 0.333. The smallest absolute Gasteiger partial charge is 0.258 e. The molecular weight excluding hydrogens is 236 g/mol. The van der Waals surface area contributed by atoms with Gasteiger partial charge in [-0.05, 0) is 19.1 Å². The molecule has 0 saturated carbocycles. The van der Waals surface area contributed by atoms with E-state index < -0.39 is 12.0 Å². The number of aliphatic hydroxyl groups excluding tert-OH is 1. The average Bonchev–Trinajstić information content (AvgIpc) is 2.34. The maximum atomic E-state index is 11.3. The van der Waals surface area contributed by atoms with E-state index in [9.17, 15) is 9.59 Å². The van der Waals surface area contributed by atoms with Crippen molar-refractivity contribution >= 4 is 11.8 Å². The zero-order chi connectivity index (χ0) is 13.5. The fourth-order valence-corrected chi connectivity index (χ4v) is 1.25. The molecular formula is C12H16N2O4. The van der Waals surface area contributed by atoms with E-state index in [0.717, 1.165) is 0 Å². The minimum atomic E-state index is -0.619. The third-order valence-corrected chi connectivity index (χ3v) is 2.11. The lowest BCUT2D eigenvalue weighted by Gasteiger charge is -2.10. The monoisotopic (exact) mass is 252 g/mol. The Bertz CT molecular complexity index is 432. The number of carbonyl (C=O) groups excluding carboxylic acids is 2. The Morgan fingerprint density at radius 2 is 2.11 bits per heavy atom. The van der Waals surface area contributed by atoms with E-state index in [1.807, 2.05) is 0 Å². The SMILES string of the molecule is CC(O)CNC(=O)COc1ccccc1C(N)=O. The minimum Gasteiger partial charge on any atom is -0.483 e. The molecule has 1 unspecified atom stereocenters. The Labute approximate surface area is 105 Å². The first-order valence-electron chi connectivity index (χ1n) is 5.47. The van der Waals surface area contributed by atoms with Crippen LogP contribution in [0.4, 0.5) is 0 Å². The van der Waals surface area contributed by atoms with Gasteiger partial charge >= 0.3 is 0 Å². The Hall–Kier alpha value is -2.08. The third kappa shape index (κ3) is 4.42. The molecule has 0 heterocycles. The molecule has 1 rings (SSSR count). The number of aliphatic hydroxyl groups is 1. The van der Waals surface area contributed by atoms with Crippen molar-refractivity contribution in [1.29, 1.82) is 0 Å². The number of hydrogen-bond donors (Lipinski definition) is 3. The molecule has 4 N–H and O–H groups in total. The topological polar surface area (TPSA) is 102 Å². The van der Waals surface area contributed by atoms with Gasteiger partial charge in [0.15, 0.2) is 6.61 Å². The molecule has 1 aromatic carbocycles. The number of ether oxygens (including phenoxy) is 1. The van der Waals surface area contributed by atoms with Gasteiger partial charge in [-0.25, -0.2) is 0 Å². The van der Waals surface area contributed by atoms with E-state index >= 15 is 0 Å². The van der Waals surface area contributed by atoms with E-state index in [4.69, 9.17) is 15.6 Å². The Morgan fingerprint density at radius 1 is 1.44 bits per heavy atom. The largest absolute Gasteiger partial charge is 0.483 e. The molecule has 98 valence electrons. The van der Waals surface area contributed by atoms with Crippen molar-refractivity contribution in [2.45, 2.75) is 13.0 Å². The second-order valence-corrected chi connectivity index (χ2v) is 3.80. The van der Waals surface area contributed by atoms with E-state index in [2.05, 4.69) is 5.32 Å². The second-order valence-electron chi connectivity index (χ2n) is 3.80. The highest BCUT2D eigenvalue weighted by Crippen LogP contribution is 2.16. The third-order valence-electron chi connectivity index (χ3n) is 2.11. The number of rotatable bonds is 6. The first-order valence-corrected chi connectivity index (χ1v) is 5.47. The lowest BCUT2D eigenvalue weighted by Crippen LogP contribution is -2.34. The van der Waals surface area contributed by atoms with Gasteiger partial charge in [-0.3, -0.25) is 9.59 Å². The van der Waals surface area contributed by atoms with Crippen LogP contribution in [0.25, 0.3) is 0 Å². The molecule has 0 radical (unpaired) electrons. The summed E-state index contributed by atoms with van der Waals surface area (Å²) in [5.74, 6) is -0.734. The van der Waals surface area contributed by atoms with Crippen molar-refractivity contribution in [2.24, 2.45) is 5.73 Å². The predicted octanol–water partition coefficient (Wildman–Crippen LogP) is -0.339. The number of hydrogen-bond acceptors (Lipinski definition) is 4. The quantitative estimate of drug-likeness (QED) is 0.644. The summed E-state index contributed by atoms with van der Waals surface area (Å²) >= 11 is 0. The van der Waals surface area contributed by atoms with Gasteiger partial charge < -0.3 is 20.9 Å². The van der Waals surface area contributed by atoms with Gasteiger partial charge in [0.1, 0.15) is 5.75 Å². The van der Waals surface area contributed by atoms with Crippen LogP contribution in [0.1, 0.15) is 17.3 Å². The summed E-state index contributed by atoms with van der Waals surface area (Å²) in [4.78, 5) is 22.4. The maximum absolute atomic E-state index is 11.3. The van der Waals surface area contributed by atoms with E-state index in [1.54, 1.807) is 25.1 Å². The Balaban J connectivity index is 2.53. The number of carbonyl (C=O) groups is 2. The summed E-state index contributed by atoms with van der Waals surface area (Å²) in [6, 6.07) is 6.41. The highest BCUT2D eigenvalue weighted by atomic mass is 16.5. The van der Waals surface area contributed by atoms with Crippen LogP contribution >= 0.6 is 0 Å². The molecule has 0 aliphatic heterocycles. The average molecular weight is 252 g/mol. The van der Waals surface area contributed by atoms with Crippen molar-refractivity contribution in [2.75, 3.05) is 13.2 Å². The molecule has 0 aliphatic rings. The van der Waals surface area contributed by atoms with Gasteiger partial charge in [0.2, 0.25) is 0 Å². The van der Waals surface area contributed by atoms with Crippen LogP contribution in [0.3, 0.4) is 0 Å². The molecule has 18 heavy (non-hydrogen) atoms. The molecule has 0 fully saturated rings. The molecule has 0 saturated heterocycles. The number of benzene rings is 1. The first kappa shape index (κ1) is 14.0. The highest BCUT2D eigenvalue weighted by molar-refractivity contribution is 5.95. The van der Waals surface area contributed by atoms with Gasteiger partial charge in [-0.1, -0.05) is 12.1 Å². The summed E-state index contributed by atoms with van der Waals surface area (Å²) in [6.07, 6.45) is -0.619. The summed E-state index contributed by atoms with van der Waals surface area (Å²) in [5, 5.41) is 11.5. The predicted molar refractivity (Wildman–Crippen MR) is 65.1 cm³/mol. The number of primary amides is 1. The van der Waals surface area contributed by atoms with Crippen LogP contribution in [0.15, 0.2) is 24.3 Å². The second kappa shape index (κ2) is 6.61. The molecule has 1 aromatic rings. The summed E-state index contributed by atoms with van der Waals surface area (Å²) in [5.41, 5.74) is 5.39. The zero-order valence-corrected chi connectivity index (χ0v) is 10.1. The molecule has 2 amide bonds. The first-order chi connectivity index (χ1) is 8.50. The fourth-order valence-electron chi connectivity index (χ4n) is 1.25.